The molecule has 4 saturated heterocycles. The van der Waals surface area contributed by atoms with E-state index < -0.39 is 57.6 Å². The topological polar surface area (TPSA) is 236 Å². The monoisotopic (exact) mass is 1120 g/mol. The predicted molar refractivity (Wildman–Crippen MR) is 285 cm³/mol. The van der Waals surface area contributed by atoms with Crippen LogP contribution in [0.25, 0.3) is 0 Å². The maximum atomic E-state index is 15.1. The van der Waals surface area contributed by atoms with Crippen molar-refractivity contribution >= 4 is 99.0 Å². The van der Waals surface area contributed by atoms with E-state index in [1.165, 1.54) is 59.1 Å². The number of urea groups is 1. The fraction of sp³-hybridized carbons (Fsp3) is 0.388. The average molecular weight is 1120 g/mol. The fourth-order valence-corrected chi connectivity index (χ4v) is 12.5. The minimum atomic E-state index is -1.28. The molecule has 0 bridgehead atoms. The third kappa shape index (κ3) is 10.7. The summed E-state index contributed by atoms with van der Waals surface area (Å²) in [5, 5.41) is 21.8. The molecule has 402 valence electrons. The summed E-state index contributed by atoms with van der Waals surface area (Å²) in [5.41, 5.74) is 7.31. The first-order valence-electron chi connectivity index (χ1n) is 23.8. The quantitative estimate of drug-likeness (QED) is 0.0582. The van der Waals surface area contributed by atoms with Gasteiger partial charge in [-0.15, -0.1) is 47.3 Å². The van der Waals surface area contributed by atoms with E-state index >= 15 is 4.39 Å². The molecule has 0 aliphatic carbocycles. The van der Waals surface area contributed by atoms with E-state index in [4.69, 9.17) is 24.8 Å². The van der Waals surface area contributed by atoms with Crippen molar-refractivity contribution in [2.45, 2.75) is 54.6 Å². The predicted octanol–water partition coefficient (Wildman–Crippen LogP) is 5.19. The van der Waals surface area contributed by atoms with E-state index in [2.05, 4.69) is 35.3 Å². The summed E-state index contributed by atoms with van der Waals surface area (Å²) >= 11 is 3.84. The number of amides is 4. The number of thiazole rings is 1. The van der Waals surface area contributed by atoms with E-state index in [1.54, 1.807) is 15.2 Å². The number of β-lactam (4-membered cyclic amide) rings is 1. The largest absolute Gasteiger partial charge is 0.488 e. The number of carbonyl (C=O) groups is 4. The van der Waals surface area contributed by atoms with Crippen molar-refractivity contribution in [1.29, 1.82) is 0 Å². The summed E-state index contributed by atoms with van der Waals surface area (Å²) < 4.78 is 48.6. The molecule has 2 aromatic heterocycles. The van der Waals surface area contributed by atoms with E-state index in [0.29, 0.717) is 17.2 Å². The lowest BCUT2D eigenvalue weighted by atomic mass is 9.94. The normalized spacial score (nSPS) is 23.6. The van der Waals surface area contributed by atoms with Gasteiger partial charge in [-0.3, -0.25) is 19.4 Å². The molecule has 27 heteroatoms. The third-order valence-electron chi connectivity index (χ3n) is 13.5. The summed E-state index contributed by atoms with van der Waals surface area (Å²) in [6.07, 6.45) is 5.36. The van der Waals surface area contributed by atoms with Crippen LogP contribution in [0, 0.1) is 11.6 Å². The molecule has 0 radical (unpaired) electrons. The number of ether oxygens (including phenoxy) is 3. The number of carbonyl (C=O) groups excluding carboxylic acids is 3. The molecule has 7 heterocycles. The molecule has 21 nitrogen and oxygen atoms in total. The second kappa shape index (κ2) is 22.5. The highest BCUT2D eigenvalue weighted by Gasteiger charge is 2.54. The molecule has 5 aliphatic heterocycles. The molecule has 10 rings (SSSR count). The van der Waals surface area contributed by atoms with E-state index in [9.17, 15) is 28.7 Å². The van der Waals surface area contributed by atoms with Gasteiger partial charge in [0.2, 0.25) is 0 Å². The SMILES string of the molecule is CSC1(CO/N=C(/C(=O)NC2C(=O)N3C(C(=O)O)=CCSC23)c2csc(N)n2)CN(c2ccc(N3CCN(c4ccc(OC[C@H]5OC[C@](Cn6cncn6)(c6ccc(F)cc6F)O5)cc4)CC3)cc2)C(=O)N1C(C)C.Cl. The van der Waals surface area contributed by atoms with E-state index in [-0.39, 0.29) is 85.2 Å². The Morgan fingerprint density at radius 3 is 2.34 bits per heavy atom. The van der Waals surface area contributed by atoms with Crippen molar-refractivity contribution in [1.82, 2.24) is 34.9 Å². The highest BCUT2D eigenvalue weighted by molar-refractivity contribution is 8.00. The number of carboxylic acids is 1. The molecule has 5 aliphatic rings. The van der Waals surface area contributed by atoms with Gasteiger partial charge in [0.25, 0.3) is 11.8 Å². The van der Waals surface area contributed by atoms with Crippen molar-refractivity contribution in [3.05, 3.63) is 119 Å². The zero-order valence-electron chi connectivity index (χ0n) is 41.2. The van der Waals surface area contributed by atoms with Crippen molar-refractivity contribution in [3.63, 3.8) is 0 Å². The zero-order valence-corrected chi connectivity index (χ0v) is 44.5. The first-order valence-corrected chi connectivity index (χ1v) is 27.0. The number of nitrogen functional groups attached to an aromatic ring is 1. The number of nitrogens with two attached hydrogens (primary N) is 1. The van der Waals surface area contributed by atoms with Gasteiger partial charge in [0.15, 0.2) is 23.7 Å². The summed E-state index contributed by atoms with van der Waals surface area (Å²) in [6, 6.07) is 17.5. The number of fused-ring (bicyclic) bond motifs is 1. The molecule has 3 aromatic carbocycles. The Hall–Kier alpha value is -6.71. The maximum Gasteiger partial charge on any atom is 0.352 e. The number of piperazine rings is 1. The van der Waals surface area contributed by atoms with Crippen molar-refractivity contribution in [3.8, 4) is 5.75 Å². The lowest BCUT2D eigenvalue weighted by molar-refractivity contribution is -0.150. The van der Waals surface area contributed by atoms with Gasteiger partial charge in [0.1, 0.15) is 69.9 Å². The van der Waals surface area contributed by atoms with Crippen LogP contribution in [0.3, 0.4) is 0 Å². The Balaban J connectivity index is 0.00000706. The van der Waals surface area contributed by atoms with Gasteiger partial charge < -0.3 is 49.9 Å². The van der Waals surface area contributed by atoms with Crippen LogP contribution in [0.2, 0.25) is 0 Å². The Morgan fingerprint density at radius 1 is 1.03 bits per heavy atom. The number of hydrogen-bond donors (Lipinski definition) is 3. The van der Waals surface area contributed by atoms with E-state index in [1.807, 2.05) is 68.6 Å². The van der Waals surface area contributed by atoms with Crippen LogP contribution in [0.15, 0.2) is 102 Å². The van der Waals surface area contributed by atoms with Gasteiger partial charge in [-0.1, -0.05) is 11.2 Å². The van der Waals surface area contributed by atoms with Crippen LogP contribution in [-0.4, -0.2) is 157 Å². The summed E-state index contributed by atoms with van der Waals surface area (Å²) in [7, 11) is 0. The molecule has 5 aromatic rings. The molecule has 3 unspecified atom stereocenters. The van der Waals surface area contributed by atoms with Gasteiger partial charge in [0.05, 0.1) is 19.7 Å². The number of benzene rings is 3. The molecule has 4 N–H and O–H groups in total. The molecule has 0 spiro atoms. The number of hydrogen-bond acceptors (Lipinski definition) is 18. The van der Waals surface area contributed by atoms with Crippen molar-refractivity contribution < 1.29 is 52.1 Å². The number of oxime groups is 1. The van der Waals surface area contributed by atoms with E-state index in [0.717, 1.165) is 59.9 Å². The summed E-state index contributed by atoms with van der Waals surface area (Å²) in [5.74, 6) is -3.04. The number of nitrogens with one attached hydrogen (secondary N) is 1. The smallest absolute Gasteiger partial charge is 0.352 e. The molecule has 5 atom stereocenters. The number of thioether (sulfide) groups is 2. The number of rotatable bonds is 18. The Morgan fingerprint density at radius 2 is 1.72 bits per heavy atom. The molecule has 4 fully saturated rings. The second-order valence-corrected chi connectivity index (χ2v) is 21.6. The number of aromatic nitrogens is 4. The molecule has 4 amide bonds. The van der Waals surface area contributed by atoms with Crippen LogP contribution < -0.4 is 30.5 Å². The van der Waals surface area contributed by atoms with Gasteiger partial charge in [-0.25, -0.2) is 33.0 Å². The number of nitrogens with zero attached hydrogens (tertiary/aromatic N) is 10. The third-order valence-corrected chi connectivity index (χ3v) is 16.6. The number of halogens is 3. The molecular formula is C49H53ClF2N12O9S3. The van der Waals surface area contributed by atoms with Crippen molar-refractivity contribution in [2.24, 2.45) is 5.16 Å². The van der Waals surface area contributed by atoms with Crippen LogP contribution in [0.1, 0.15) is 25.1 Å². The first kappa shape index (κ1) is 54.1. The minimum Gasteiger partial charge on any atom is -0.488 e. The maximum absolute atomic E-state index is 15.1. The van der Waals surface area contributed by atoms with Crippen LogP contribution in [0.5, 0.6) is 5.75 Å². The van der Waals surface area contributed by atoms with Gasteiger partial charge in [0, 0.05) is 72.0 Å². The second-order valence-electron chi connectivity index (χ2n) is 18.4. The lowest BCUT2D eigenvalue weighted by Crippen LogP contribution is -2.70. The standard InChI is InChI=1S/C49H52F2N12O9S3.ClH/c1-29(2)63-47(68)61(24-49(63,73-3)26-71-57-40(37-22-75-46(52)55-37)42(64)56-41-43(65)62-38(45(66)67)14-19-74-44(41)62)33-7-5-31(6-8-33)58-15-17-59(18-16-58)32-9-11-34(12-10-32)69-21-39-70-25-48(72-39,23-60-28-53-27-54-60)35-13-4-30(50)20-36(35)51;/h4-14,20,22,27-29,39,41,44H,15-19,21,23-26H2,1-3H3,(H2,52,55)(H,56,64)(H,66,67);1H/b57-40+;/t39-,41?,44?,48+,49?;/m0./s1. The molecule has 0 saturated carbocycles. The highest BCUT2D eigenvalue weighted by Crippen LogP contribution is 2.42. The number of carboxylic acid groups (broad SMARTS) is 1. The Kier molecular flexibility index (Phi) is 16.0. The fourth-order valence-electron chi connectivity index (χ4n) is 9.83. The highest BCUT2D eigenvalue weighted by atomic mass is 35.5. The average Bonchev–Trinajstić information content (AvgIpc) is 4.27. The summed E-state index contributed by atoms with van der Waals surface area (Å²) in [4.78, 5) is 75.3. The van der Waals surface area contributed by atoms with Gasteiger partial charge >= 0.3 is 12.0 Å². The van der Waals surface area contributed by atoms with Crippen LogP contribution >= 0.6 is 47.3 Å². The lowest BCUT2D eigenvalue weighted by Gasteiger charge is -2.48. The van der Waals surface area contributed by atoms with Crippen molar-refractivity contribution in [2.75, 3.05) is 85.0 Å². The molecule has 76 heavy (non-hydrogen) atoms. The Bertz CT molecular complexity index is 3010. The molecular weight excluding hydrogens is 1070 g/mol. The minimum absolute atomic E-state index is 0. The first-order chi connectivity index (χ1) is 36.2. The zero-order chi connectivity index (χ0) is 52.6. The van der Waals surface area contributed by atoms with Gasteiger partial charge in [-0.2, -0.15) is 5.10 Å². The van der Waals surface area contributed by atoms with Gasteiger partial charge in [-0.05, 0) is 80.8 Å². The van der Waals surface area contributed by atoms with Crippen LogP contribution in [0.4, 0.5) is 35.8 Å². The summed E-state index contributed by atoms with van der Waals surface area (Å²) in [6.45, 7) is 7.11. The number of anilines is 4. The number of aliphatic carboxylic acids is 1. The van der Waals surface area contributed by atoms with Crippen LogP contribution in [-0.2, 0) is 40.8 Å². The Labute approximate surface area is 453 Å².